The number of aromatic nitrogens is 3. The van der Waals surface area contributed by atoms with E-state index in [0.29, 0.717) is 42.6 Å². The molecule has 9 heteroatoms. The van der Waals surface area contributed by atoms with Crippen molar-refractivity contribution in [3.8, 4) is 0 Å². The summed E-state index contributed by atoms with van der Waals surface area (Å²) in [7, 11) is 0. The van der Waals surface area contributed by atoms with E-state index in [1.165, 1.54) is 0 Å². The van der Waals surface area contributed by atoms with Crippen LogP contribution >= 0.6 is 11.3 Å². The second kappa shape index (κ2) is 13.6. The number of nitrogens with zero attached hydrogens (tertiary/aromatic N) is 3. The Balaban J connectivity index is 0.00000186. The van der Waals surface area contributed by atoms with Gasteiger partial charge in [-0.15, -0.1) is 11.3 Å². The van der Waals surface area contributed by atoms with Crippen molar-refractivity contribution in [3.63, 3.8) is 0 Å². The highest BCUT2D eigenvalue weighted by Gasteiger charge is 2.31. The lowest BCUT2D eigenvalue weighted by molar-refractivity contribution is -0.124. The lowest BCUT2D eigenvalue weighted by Gasteiger charge is -2.21. The number of carbonyl (C=O) groups is 1. The lowest BCUT2D eigenvalue weighted by atomic mass is 9.97. The molecule has 4 heterocycles. The molecule has 0 aliphatic carbocycles. The highest BCUT2D eigenvalue weighted by molar-refractivity contribution is 7.19. The van der Waals surface area contributed by atoms with Crippen molar-refractivity contribution >= 4 is 38.8 Å². The predicted octanol–water partition coefficient (Wildman–Crippen LogP) is 5.67. The molecule has 3 aromatic heterocycles. The van der Waals surface area contributed by atoms with E-state index in [-0.39, 0.29) is 17.5 Å². The number of rotatable bonds is 11. The third kappa shape index (κ3) is 7.09. The fourth-order valence-corrected chi connectivity index (χ4v) is 5.70. The first-order chi connectivity index (χ1) is 17.9. The van der Waals surface area contributed by atoms with Crippen LogP contribution in [0.2, 0.25) is 0 Å². The van der Waals surface area contributed by atoms with Gasteiger partial charge in [0.05, 0.1) is 12.7 Å². The number of hydrogen-bond acceptors (Lipinski definition) is 7. The highest BCUT2D eigenvalue weighted by Crippen LogP contribution is 2.27. The monoisotopic (exact) mass is 526 g/mol. The van der Waals surface area contributed by atoms with Crippen LogP contribution in [-0.4, -0.2) is 26.5 Å². The topological polar surface area (TPSA) is 115 Å². The van der Waals surface area contributed by atoms with E-state index in [4.69, 9.17) is 5.73 Å². The van der Waals surface area contributed by atoms with Crippen LogP contribution in [0.15, 0.2) is 29.3 Å². The summed E-state index contributed by atoms with van der Waals surface area (Å²) in [6, 6.07) is 3.54. The predicted molar refractivity (Wildman–Crippen MR) is 154 cm³/mol. The van der Waals surface area contributed by atoms with Gasteiger partial charge in [-0.05, 0) is 43.7 Å². The maximum atomic E-state index is 13.4. The lowest BCUT2D eigenvalue weighted by Crippen LogP contribution is -2.37. The Morgan fingerprint density at radius 1 is 1.19 bits per heavy atom. The first-order valence-electron chi connectivity index (χ1n) is 13.7. The molecule has 0 bridgehead atoms. The average molecular weight is 527 g/mol. The molecule has 0 saturated heterocycles. The van der Waals surface area contributed by atoms with E-state index in [9.17, 15) is 9.59 Å². The molecule has 1 amide bonds. The van der Waals surface area contributed by atoms with E-state index >= 15 is 0 Å². The Kier molecular flexibility index (Phi) is 10.5. The zero-order chi connectivity index (χ0) is 26.9. The standard InChI is InChI=1S/C26H36N6O2S.C2H6/c1-4-6-18(8-7-16(3)5-2)31-20-15-29-24-10-9-21(32(24)26(20)34)25(33)30-14-19-11-17-13-28-23(27)12-22(17)35-19;1-2/h11-13,15-16,18,21,31H,4-10,14H2,1-3H3,(H2,27,28)(H,30,33);1-2H3. The Bertz CT molecular complexity index is 1240. The molecule has 0 aromatic carbocycles. The van der Waals surface area contributed by atoms with Crippen molar-refractivity contribution in [1.82, 2.24) is 19.9 Å². The molecular formula is C28H42N6O2S. The summed E-state index contributed by atoms with van der Waals surface area (Å²) in [6.45, 7) is 11.0. The minimum Gasteiger partial charge on any atom is -0.384 e. The van der Waals surface area contributed by atoms with Gasteiger partial charge in [-0.2, -0.15) is 0 Å². The zero-order valence-electron chi connectivity index (χ0n) is 22.8. The van der Waals surface area contributed by atoms with E-state index in [2.05, 4.69) is 41.4 Å². The van der Waals surface area contributed by atoms with Gasteiger partial charge in [0.25, 0.3) is 5.56 Å². The number of nitrogen functional groups attached to an aromatic ring is 1. The van der Waals surface area contributed by atoms with Gasteiger partial charge in [0, 0.05) is 33.6 Å². The van der Waals surface area contributed by atoms with Gasteiger partial charge in [0.15, 0.2) is 0 Å². The number of carbonyl (C=O) groups excluding carboxylic acids is 1. The largest absolute Gasteiger partial charge is 0.384 e. The van der Waals surface area contributed by atoms with E-state index in [1.54, 1.807) is 28.3 Å². The Morgan fingerprint density at radius 2 is 1.97 bits per heavy atom. The van der Waals surface area contributed by atoms with Crippen LogP contribution in [0.4, 0.5) is 11.5 Å². The van der Waals surface area contributed by atoms with Gasteiger partial charge in [-0.1, -0.05) is 47.5 Å². The van der Waals surface area contributed by atoms with E-state index < -0.39 is 6.04 Å². The number of fused-ring (bicyclic) bond motifs is 2. The molecule has 1 aliphatic rings. The average Bonchev–Trinajstić information content (AvgIpc) is 3.52. The Labute approximate surface area is 224 Å². The molecule has 202 valence electrons. The molecule has 1 aliphatic heterocycles. The minimum absolute atomic E-state index is 0.151. The molecule has 0 saturated carbocycles. The van der Waals surface area contributed by atoms with Gasteiger partial charge in [-0.3, -0.25) is 14.2 Å². The number of nitrogens with one attached hydrogen (secondary N) is 2. The Hall–Kier alpha value is -2.94. The first-order valence-corrected chi connectivity index (χ1v) is 14.5. The van der Waals surface area contributed by atoms with Gasteiger partial charge in [0.1, 0.15) is 23.4 Å². The van der Waals surface area contributed by atoms with Crippen LogP contribution in [-0.2, 0) is 17.8 Å². The first kappa shape index (κ1) is 28.6. The minimum atomic E-state index is -0.539. The van der Waals surface area contributed by atoms with Crippen LogP contribution in [0.1, 0.15) is 89.9 Å². The zero-order valence-corrected chi connectivity index (χ0v) is 23.7. The van der Waals surface area contributed by atoms with Crippen LogP contribution in [0.5, 0.6) is 0 Å². The summed E-state index contributed by atoms with van der Waals surface area (Å²) in [4.78, 5) is 36.2. The second-order valence-corrected chi connectivity index (χ2v) is 10.8. The van der Waals surface area contributed by atoms with Crippen LogP contribution in [0.3, 0.4) is 0 Å². The number of pyridine rings is 1. The smallest absolute Gasteiger partial charge is 0.277 e. The Morgan fingerprint density at radius 3 is 2.70 bits per heavy atom. The molecule has 37 heavy (non-hydrogen) atoms. The second-order valence-electron chi connectivity index (χ2n) is 9.62. The van der Waals surface area contributed by atoms with Crippen LogP contribution in [0.25, 0.3) is 10.1 Å². The summed E-state index contributed by atoms with van der Waals surface area (Å²) in [6.07, 6.45) is 9.94. The van der Waals surface area contributed by atoms with Gasteiger partial charge < -0.3 is 16.4 Å². The fourth-order valence-electron chi connectivity index (χ4n) is 4.68. The molecule has 0 spiro atoms. The van der Waals surface area contributed by atoms with Crippen LogP contribution in [0, 0.1) is 5.92 Å². The molecule has 3 aromatic rings. The number of amides is 1. The summed E-state index contributed by atoms with van der Waals surface area (Å²) in [5.74, 6) is 1.67. The quantitative estimate of drug-likeness (QED) is 0.296. The molecule has 4 rings (SSSR count). The molecule has 0 fully saturated rings. The molecule has 8 nitrogen and oxygen atoms in total. The van der Waals surface area contributed by atoms with Gasteiger partial charge in [-0.25, -0.2) is 9.97 Å². The molecule has 3 atom stereocenters. The van der Waals surface area contributed by atoms with Gasteiger partial charge >= 0.3 is 0 Å². The van der Waals surface area contributed by atoms with Crippen molar-refractivity contribution < 1.29 is 4.79 Å². The maximum absolute atomic E-state index is 13.4. The third-order valence-corrected chi connectivity index (χ3v) is 8.04. The van der Waals surface area contributed by atoms with Crippen molar-refractivity contribution in [3.05, 3.63) is 45.6 Å². The van der Waals surface area contributed by atoms with Crippen molar-refractivity contribution in [2.45, 2.75) is 98.2 Å². The van der Waals surface area contributed by atoms with Crippen molar-refractivity contribution in [2.75, 3.05) is 11.1 Å². The summed E-state index contributed by atoms with van der Waals surface area (Å²) >= 11 is 1.58. The molecule has 4 N–H and O–H groups in total. The molecular weight excluding hydrogens is 484 g/mol. The summed E-state index contributed by atoms with van der Waals surface area (Å²) in [5, 5.41) is 7.47. The number of hydrogen-bond donors (Lipinski definition) is 3. The summed E-state index contributed by atoms with van der Waals surface area (Å²) in [5.41, 5.74) is 6.11. The maximum Gasteiger partial charge on any atom is 0.277 e. The number of thiophene rings is 1. The van der Waals surface area contributed by atoms with Crippen molar-refractivity contribution in [1.29, 1.82) is 0 Å². The molecule has 3 unspecified atom stereocenters. The van der Waals surface area contributed by atoms with Crippen molar-refractivity contribution in [2.24, 2.45) is 5.92 Å². The third-order valence-electron chi connectivity index (χ3n) is 6.94. The normalized spacial score (nSPS) is 16.0. The van der Waals surface area contributed by atoms with Crippen LogP contribution < -0.4 is 21.9 Å². The summed E-state index contributed by atoms with van der Waals surface area (Å²) < 4.78 is 2.63. The number of anilines is 2. The van der Waals surface area contributed by atoms with Gasteiger partial charge in [0.2, 0.25) is 5.91 Å². The number of aryl methyl sites for hydroxylation is 1. The molecule has 0 radical (unpaired) electrons. The van der Waals surface area contributed by atoms with E-state index in [1.807, 2.05) is 26.0 Å². The SMILES string of the molecule is CC.CCCC(CCC(C)CC)Nc1cnc2n(c1=O)C(C(=O)NCc1cc3cnc(N)cc3s1)CC2. The van der Waals surface area contributed by atoms with E-state index in [0.717, 1.165) is 47.1 Å². The fraction of sp³-hybridized carbons (Fsp3) is 0.571. The highest BCUT2D eigenvalue weighted by atomic mass is 32.1. The number of nitrogens with two attached hydrogens (primary N) is 1.